The predicted molar refractivity (Wildman–Crippen MR) is 126 cm³/mol. The summed E-state index contributed by atoms with van der Waals surface area (Å²) < 4.78 is 5.60. The molecule has 0 spiro atoms. The van der Waals surface area contributed by atoms with Gasteiger partial charge >= 0.3 is 12.1 Å². The first kappa shape index (κ1) is 24.3. The Morgan fingerprint density at radius 1 is 0.970 bits per heavy atom. The average Bonchev–Trinajstić information content (AvgIpc) is 3.10. The highest BCUT2D eigenvalue weighted by Crippen LogP contribution is 2.44. The van der Waals surface area contributed by atoms with E-state index in [1.54, 1.807) is 6.92 Å². The van der Waals surface area contributed by atoms with Crippen molar-refractivity contribution >= 4 is 18.0 Å². The lowest BCUT2D eigenvalue weighted by molar-refractivity contribution is -0.151. The largest absolute Gasteiger partial charge is 0.480 e. The molecular formula is C26H32N2O5. The van der Waals surface area contributed by atoms with Gasteiger partial charge in [-0.3, -0.25) is 4.79 Å². The first-order valence-electron chi connectivity index (χ1n) is 11.2. The zero-order chi connectivity index (χ0) is 24.3. The summed E-state index contributed by atoms with van der Waals surface area (Å²) in [6, 6.07) is 14.7. The lowest BCUT2D eigenvalue weighted by Crippen LogP contribution is -2.51. The third-order valence-corrected chi connectivity index (χ3v) is 6.52. The molecule has 0 heterocycles. The summed E-state index contributed by atoms with van der Waals surface area (Å²) in [7, 11) is 1.47. The molecule has 0 aromatic heterocycles. The predicted octanol–water partition coefficient (Wildman–Crippen LogP) is 4.12. The number of amides is 2. The number of carboxylic acids is 1. The van der Waals surface area contributed by atoms with Gasteiger partial charge in [-0.1, -0.05) is 62.4 Å². The standard InChI is InChI=1S/C26H32N2O5/c1-15(2)23(24(29)28(5)17(4)25(30)31)16(3)27-26(32)33-14-22-20-12-8-6-10-18(20)19-11-7-9-13-21(19)22/h6-13,15-17,22-23H,14H2,1-5H3,(H,27,32)(H,30,31)/t16?,17-,23?/m0/s1. The van der Waals surface area contributed by atoms with E-state index in [0.717, 1.165) is 22.3 Å². The first-order valence-corrected chi connectivity index (χ1v) is 11.2. The molecule has 2 aromatic rings. The van der Waals surface area contributed by atoms with Gasteiger partial charge in [0, 0.05) is 19.0 Å². The number of ether oxygens (including phenoxy) is 1. The van der Waals surface area contributed by atoms with E-state index in [9.17, 15) is 19.5 Å². The fourth-order valence-corrected chi connectivity index (χ4v) is 4.58. The van der Waals surface area contributed by atoms with Gasteiger partial charge in [0.25, 0.3) is 0 Å². The number of hydrogen-bond donors (Lipinski definition) is 2. The van der Waals surface area contributed by atoms with Crippen LogP contribution in [0.4, 0.5) is 4.79 Å². The Morgan fingerprint density at radius 3 is 1.97 bits per heavy atom. The topological polar surface area (TPSA) is 95.9 Å². The number of alkyl carbamates (subject to hydrolysis) is 1. The normalized spacial score (nSPS) is 15.2. The zero-order valence-electron chi connectivity index (χ0n) is 19.7. The number of hydrogen-bond acceptors (Lipinski definition) is 4. The molecule has 0 radical (unpaired) electrons. The van der Waals surface area contributed by atoms with Gasteiger partial charge in [0.2, 0.25) is 5.91 Å². The van der Waals surface area contributed by atoms with Crippen molar-refractivity contribution in [3.63, 3.8) is 0 Å². The van der Waals surface area contributed by atoms with E-state index >= 15 is 0 Å². The highest BCUT2D eigenvalue weighted by Gasteiger charge is 2.35. The molecule has 1 aliphatic carbocycles. The van der Waals surface area contributed by atoms with Crippen LogP contribution in [0.5, 0.6) is 0 Å². The van der Waals surface area contributed by atoms with Gasteiger partial charge in [0.1, 0.15) is 12.6 Å². The maximum absolute atomic E-state index is 13.0. The Kier molecular flexibility index (Phi) is 7.41. The summed E-state index contributed by atoms with van der Waals surface area (Å²) in [6.07, 6.45) is -0.600. The van der Waals surface area contributed by atoms with Crippen LogP contribution in [0.3, 0.4) is 0 Å². The van der Waals surface area contributed by atoms with E-state index in [0.29, 0.717) is 0 Å². The molecule has 176 valence electrons. The molecule has 2 aromatic carbocycles. The van der Waals surface area contributed by atoms with Gasteiger partial charge in [-0.05, 0) is 42.0 Å². The van der Waals surface area contributed by atoms with Gasteiger partial charge in [-0.2, -0.15) is 0 Å². The summed E-state index contributed by atoms with van der Waals surface area (Å²) >= 11 is 0. The van der Waals surface area contributed by atoms with Gasteiger partial charge in [0.15, 0.2) is 0 Å². The lowest BCUT2D eigenvalue weighted by atomic mass is 9.87. The lowest BCUT2D eigenvalue weighted by Gasteiger charge is -2.32. The SMILES string of the molecule is CC(C)C(C(=O)N(C)[C@@H](C)C(=O)O)C(C)NC(=O)OCC1c2ccccc2-c2ccccc21. The molecule has 1 aliphatic rings. The molecular weight excluding hydrogens is 420 g/mol. The smallest absolute Gasteiger partial charge is 0.407 e. The summed E-state index contributed by atoms with van der Waals surface area (Å²) in [5, 5.41) is 12.0. The number of aliphatic carboxylic acids is 1. The van der Waals surface area contributed by atoms with E-state index in [-0.39, 0.29) is 24.3 Å². The second-order valence-corrected chi connectivity index (χ2v) is 8.99. The van der Waals surface area contributed by atoms with Crippen molar-refractivity contribution in [3.8, 4) is 11.1 Å². The van der Waals surface area contributed by atoms with Crippen molar-refractivity contribution in [1.82, 2.24) is 10.2 Å². The van der Waals surface area contributed by atoms with E-state index in [2.05, 4.69) is 29.6 Å². The minimum absolute atomic E-state index is 0.0523. The van der Waals surface area contributed by atoms with Crippen LogP contribution in [-0.4, -0.2) is 53.7 Å². The van der Waals surface area contributed by atoms with Gasteiger partial charge in [-0.25, -0.2) is 9.59 Å². The monoisotopic (exact) mass is 452 g/mol. The molecule has 3 atom stereocenters. The quantitative estimate of drug-likeness (QED) is 0.628. The molecule has 3 rings (SSSR count). The van der Waals surface area contributed by atoms with Crippen molar-refractivity contribution < 1.29 is 24.2 Å². The third kappa shape index (κ3) is 5.02. The molecule has 0 aliphatic heterocycles. The van der Waals surface area contributed by atoms with Crippen molar-refractivity contribution in [2.45, 2.75) is 45.7 Å². The Morgan fingerprint density at radius 2 is 1.48 bits per heavy atom. The highest BCUT2D eigenvalue weighted by atomic mass is 16.5. The number of nitrogens with zero attached hydrogens (tertiary/aromatic N) is 1. The van der Waals surface area contributed by atoms with Crippen molar-refractivity contribution in [2.24, 2.45) is 11.8 Å². The molecule has 0 saturated carbocycles. The van der Waals surface area contributed by atoms with Crippen LogP contribution in [0, 0.1) is 11.8 Å². The van der Waals surface area contributed by atoms with Crippen molar-refractivity contribution in [1.29, 1.82) is 0 Å². The Labute approximate surface area is 194 Å². The van der Waals surface area contributed by atoms with Crippen molar-refractivity contribution in [3.05, 3.63) is 59.7 Å². The average molecular weight is 453 g/mol. The van der Waals surface area contributed by atoms with E-state index < -0.39 is 30.1 Å². The molecule has 2 amide bonds. The number of benzene rings is 2. The Bertz CT molecular complexity index is 989. The van der Waals surface area contributed by atoms with E-state index in [1.165, 1.54) is 18.9 Å². The molecule has 2 N–H and O–H groups in total. The van der Waals surface area contributed by atoms with Crippen molar-refractivity contribution in [2.75, 3.05) is 13.7 Å². The number of carboxylic acid groups (broad SMARTS) is 1. The molecule has 0 fully saturated rings. The number of rotatable bonds is 8. The minimum atomic E-state index is -1.08. The number of carbonyl (C=O) groups excluding carboxylic acids is 2. The number of nitrogens with one attached hydrogen (secondary N) is 1. The fourth-order valence-electron chi connectivity index (χ4n) is 4.58. The second-order valence-electron chi connectivity index (χ2n) is 8.99. The molecule has 7 nitrogen and oxygen atoms in total. The van der Waals surface area contributed by atoms with Gasteiger partial charge < -0.3 is 20.1 Å². The van der Waals surface area contributed by atoms with Crippen LogP contribution in [-0.2, 0) is 14.3 Å². The highest BCUT2D eigenvalue weighted by molar-refractivity contribution is 5.85. The fraction of sp³-hybridized carbons (Fsp3) is 0.423. The second kappa shape index (κ2) is 10.1. The summed E-state index contributed by atoms with van der Waals surface area (Å²) in [6.45, 7) is 7.13. The van der Waals surface area contributed by atoms with Crippen LogP contribution < -0.4 is 5.32 Å². The van der Waals surface area contributed by atoms with Crippen LogP contribution in [0.1, 0.15) is 44.7 Å². The third-order valence-electron chi connectivity index (χ3n) is 6.52. The summed E-state index contributed by atoms with van der Waals surface area (Å²) in [4.78, 5) is 38.1. The molecule has 33 heavy (non-hydrogen) atoms. The first-order chi connectivity index (χ1) is 15.6. The van der Waals surface area contributed by atoms with Gasteiger partial charge in [0.05, 0.1) is 5.92 Å². The number of likely N-dealkylation sites (N-methyl/N-ethyl adjacent to an activating group) is 1. The Balaban J connectivity index is 1.66. The van der Waals surface area contributed by atoms with Crippen LogP contribution in [0.15, 0.2) is 48.5 Å². The van der Waals surface area contributed by atoms with Gasteiger partial charge in [-0.15, -0.1) is 0 Å². The van der Waals surface area contributed by atoms with Crippen LogP contribution >= 0.6 is 0 Å². The van der Waals surface area contributed by atoms with Crippen LogP contribution in [0.2, 0.25) is 0 Å². The minimum Gasteiger partial charge on any atom is -0.480 e. The number of carbonyl (C=O) groups is 3. The van der Waals surface area contributed by atoms with E-state index in [4.69, 9.17) is 4.74 Å². The maximum atomic E-state index is 13.0. The maximum Gasteiger partial charge on any atom is 0.407 e. The molecule has 0 bridgehead atoms. The summed E-state index contributed by atoms with van der Waals surface area (Å²) in [5.74, 6) is -2.15. The number of fused-ring (bicyclic) bond motifs is 3. The molecule has 7 heteroatoms. The summed E-state index contributed by atoms with van der Waals surface area (Å²) in [5.41, 5.74) is 4.55. The molecule has 2 unspecified atom stereocenters. The van der Waals surface area contributed by atoms with E-state index in [1.807, 2.05) is 38.1 Å². The molecule has 0 saturated heterocycles. The van der Waals surface area contributed by atoms with Crippen LogP contribution in [0.25, 0.3) is 11.1 Å². The zero-order valence-corrected chi connectivity index (χ0v) is 19.7. The Hall–Kier alpha value is -3.35.